The summed E-state index contributed by atoms with van der Waals surface area (Å²) in [5, 5.41) is 15.2. The number of oxime groups is 1. The molecule has 0 unspecified atom stereocenters. The van der Waals surface area contributed by atoms with Gasteiger partial charge in [0.25, 0.3) is 15.2 Å². The zero-order chi connectivity index (χ0) is 39.9. The van der Waals surface area contributed by atoms with Gasteiger partial charge in [0, 0.05) is 16.0 Å². The summed E-state index contributed by atoms with van der Waals surface area (Å²) < 4.78 is 102. The van der Waals surface area contributed by atoms with Gasteiger partial charge in [-0.3, -0.25) is 0 Å². The van der Waals surface area contributed by atoms with E-state index in [4.69, 9.17) is 42.5 Å². The molecule has 0 amide bonds. The maximum Gasteiger partial charge on any atom is 0.273 e. The van der Waals surface area contributed by atoms with E-state index in [1.165, 1.54) is 29.8 Å². The molecule has 14 nitrogen and oxygen atoms in total. The lowest BCUT2D eigenvalue weighted by Gasteiger charge is -2.10. The monoisotopic (exact) mass is 856 g/mol. The van der Waals surface area contributed by atoms with Crippen molar-refractivity contribution in [2.75, 3.05) is 13.4 Å². The molecule has 6 rings (SSSR count). The highest BCUT2D eigenvalue weighted by Crippen LogP contribution is 2.32. The van der Waals surface area contributed by atoms with Crippen LogP contribution in [-0.4, -0.2) is 58.0 Å². The SMILES string of the molecule is COc1ncc(-c2csc(COc3ccc(F)c(/C(N)=N/O)c3F)n2)s1.CS(=O)(=O)N=C(N)c1c(F)ccc(OCc2nc(-c3ccc(Cl)cc3)ns2)c1F. The molecule has 3 heterocycles. The summed E-state index contributed by atoms with van der Waals surface area (Å²) in [6, 6.07) is 11.0. The third-order valence-corrected chi connectivity index (χ3v) is 10.00. The number of nitrogens with two attached hydrogens (primary N) is 2. The molecule has 0 aliphatic carbocycles. The van der Waals surface area contributed by atoms with E-state index in [0.29, 0.717) is 31.7 Å². The Bertz CT molecular complexity index is 2480. The Morgan fingerprint density at radius 1 is 0.891 bits per heavy atom. The summed E-state index contributed by atoms with van der Waals surface area (Å²) in [6.07, 6.45) is 2.40. The highest BCUT2D eigenvalue weighted by Gasteiger charge is 2.21. The minimum atomic E-state index is -3.94. The van der Waals surface area contributed by atoms with Gasteiger partial charge in [0.05, 0.1) is 41.3 Å². The fourth-order valence-electron chi connectivity index (χ4n) is 4.30. The van der Waals surface area contributed by atoms with Crippen LogP contribution in [0.3, 0.4) is 0 Å². The zero-order valence-corrected chi connectivity index (χ0v) is 32.1. The Kier molecular flexibility index (Phi) is 13.2. The molecule has 23 heteroatoms. The van der Waals surface area contributed by atoms with Crippen LogP contribution >= 0.6 is 45.8 Å². The van der Waals surface area contributed by atoms with Crippen LogP contribution in [0.5, 0.6) is 16.7 Å². The Hall–Kier alpha value is -5.42. The van der Waals surface area contributed by atoms with Gasteiger partial charge < -0.3 is 30.9 Å². The number of hydrogen-bond acceptors (Lipinski definition) is 14. The maximum atomic E-state index is 14.6. The van der Waals surface area contributed by atoms with E-state index >= 15 is 0 Å². The topological polar surface area (TPSA) is 210 Å². The third kappa shape index (κ3) is 10.4. The van der Waals surface area contributed by atoms with Crippen molar-refractivity contribution in [3.05, 3.63) is 110 Å². The van der Waals surface area contributed by atoms with Crippen LogP contribution in [0.2, 0.25) is 5.02 Å². The standard InChI is InChI=1S/C17H13ClF2N4O3S2.C15H12F2N4O3S2/c1-29(25,26)24-16(21)14-11(19)6-7-12(15(14)20)27-8-13-22-17(23-28-13)9-2-4-10(18)5-3-9;1-23-15-19-4-10(26-15)8-6-25-11(20-8)5-24-9-3-2-7(16)12(13(9)17)14(18)21-22/h2-7H,8H2,1H3,(H2,21,24);2-4,6,22H,5H2,1H3,(H2,18,21). The van der Waals surface area contributed by atoms with Gasteiger partial charge >= 0.3 is 0 Å². The highest BCUT2D eigenvalue weighted by atomic mass is 35.5. The number of hydrogen-bond donors (Lipinski definition) is 3. The number of aromatic nitrogens is 4. The van der Waals surface area contributed by atoms with Gasteiger partial charge in [-0.2, -0.15) is 4.37 Å². The highest BCUT2D eigenvalue weighted by molar-refractivity contribution is 7.89. The largest absolute Gasteiger partial charge is 0.483 e. The van der Waals surface area contributed by atoms with Crippen LogP contribution in [-0.2, 0) is 23.2 Å². The maximum absolute atomic E-state index is 14.6. The van der Waals surface area contributed by atoms with E-state index in [1.54, 1.807) is 30.5 Å². The van der Waals surface area contributed by atoms with E-state index in [2.05, 4.69) is 28.9 Å². The molecular weight excluding hydrogens is 832 g/mol. The van der Waals surface area contributed by atoms with Gasteiger partial charge in [0.1, 0.15) is 35.7 Å². The third-order valence-electron chi connectivity index (χ3n) is 6.73. The zero-order valence-electron chi connectivity index (χ0n) is 28.0. The van der Waals surface area contributed by atoms with Gasteiger partial charge in [-0.25, -0.2) is 40.9 Å². The smallest absolute Gasteiger partial charge is 0.273 e. The first kappa shape index (κ1) is 40.8. The van der Waals surface area contributed by atoms with Crippen LogP contribution in [0.15, 0.2) is 69.7 Å². The molecule has 0 spiro atoms. The first-order valence-electron chi connectivity index (χ1n) is 15.0. The first-order chi connectivity index (χ1) is 26.2. The number of nitrogens with zero attached hydrogens (tertiary/aromatic N) is 6. The number of halogens is 5. The number of benzene rings is 3. The van der Waals surface area contributed by atoms with Crippen LogP contribution in [0.1, 0.15) is 21.1 Å². The molecule has 5 N–H and O–H groups in total. The minimum absolute atomic E-state index is 0.0290. The van der Waals surface area contributed by atoms with Crippen LogP contribution in [0.25, 0.3) is 22.0 Å². The molecule has 55 heavy (non-hydrogen) atoms. The fourth-order valence-corrected chi connectivity index (χ4v) is 6.93. The van der Waals surface area contributed by atoms with Crippen LogP contribution in [0, 0.1) is 23.3 Å². The molecule has 0 saturated carbocycles. The number of sulfonamides is 1. The van der Waals surface area contributed by atoms with Crippen molar-refractivity contribution in [3.8, 4) is 38.7 Å². The molecule has 288 valence electrons. The van der Waals surface area contributed by atoms with Crippen molar-refractivity contribution >= 4 is 67.5 Å². The molecule has 3 aromatic heterocycles. The van der Waals surface area contributed by atoms with Gasteiger partial charge in [0.15, 0.2) is 39.8 Å². The van der Waals surface area contributed by atoms with Crippen molar-refractivity contribution in [1.29, 1.82) is 0 Å². The summed E-state index contributed by atoms with van der Waals surface area (Å²) in [5.41, 5.74) is 10.7. The van der Waals surface area contributed by atoms with Crippen molar-refractivity contribution in [1.82, 2.24) is 19.3 Å². The van der Waals surface area contributed by atoms with Gasteiger partial charge in [0.2, 0.25) is 0 Å². The summed E-state index contributed by atoms with van der Waals surface area (Å²) in [4.78, 5) is 13.6. The second-order valence-corrected chi connectivity index (χ2v) is 15.4. The Labute approximate surface area is 326 Å². The lowest BCUT2D eigenvalue weighted by molar-refractivity contribution is 0.288. The summed E-state index contributed by atoms with van der Waals surface area (Å²) in [6.45, 7) is -0.171. The lowest BCUT2D eigenvalue weighted by atomic mass is 10.1. The first-order valence-corrected chi connectivity index (χ1v) is 19.6. The fraction of sp³-hybridized carbons (Fsp3) is 0.125. The Balaban J connectivity index is 0.000000212. The molecular formula is C32H25ClF4N8O6S4. The van der Waals surface area contributed by atoms with E-state index < -0.39 is 56.1 Å². The predicted octanol–water partition coefficient (Wildman–Crippen LogP) is 6.61. The van der Waals surface area contributed by atoms with Crippen LogP contribution in [0.4, 0.5) is 17.6 Å². The molecule has 0 fully saturated rings. The number of amidine groups is 2. The van der Waals surface area contributed by atoms with E-state index in [1.807, 2.05) is 5.38 Å². The van der Waals surface area contributed by atoms with Gasteiger partial charge in [-0.1, -0.05) is 28.1 Å². The predicted molar refractivity (Wildman–Crippen MR) is 200 cm³/mol. The molecule has 6 aromatic rings. The molecule has 0 bridgehead atoms. The average Bonchev–Trinajstić information content (AvgIpc) is 3.92. The van der Waals surface area contributed by atoms with E-state index in [0.717, 1.165) is 52.5 Å². The minimum Gasteiger partial charge on any atom is -0.483 e. The molecule has 3 aromatic carbocycles. The van der Waals surface area contributed by atoms with E-state index in [-0.39, 0.29) is 24.7 Å². The Morgan fingerprint density at radius 3 is 2.05 bits per heavy atom. The average molecular weight is 857 g/mol. The second kappa shape index (κ2) is 17.8. The summed E-state index contributed by atoms with van der Waals surface area (Å²) in [5.74, 6) is -5.85. The van der Waals surface area contributed by atoms with Crippen molar-refractivity contribution in [2.24, 2.45) is 21.0 Å². The van der Waals surface area contributed by atoms with E-state index in [9.17, 15) is 26.0 Å². The van der Waals surface area contributed by atoms with Crippen molar-refractivity contribution < 1.29 is 45.4 Å². The number of ether oxygens (including phenoxy) is 3. The van der Waals surface area contributed by atoms with Crippen molar-refractivity contribution in [3.63, 3.8) is 0 Å². The number of methoxy groups -OCH3 is 1. The van der Waals surface area contributed by atoms with Gasteiger partial charge in [-0.05, 0) is 60.1 Å². The van der Waals surface area contributed by atoms with Gasteiger partial charge in [-0.15, -0.1) is 15.7 Å². The lowest BCUT2D eigenvalue weighted by Crippen LogP contribution is -2.19. The quantitative estimate of drug-likeness (QED) is 0.0391. The Morgan fingerprint density at radius 2 is 1.49 bits per heavy atom. The summed E-state index contributed by atoms with van der Waals surface area (Å²) >= 11 is 9.56. The number of rotatable bonds is 12. The normalized spacial score (nSPS) is 11.9. The molecule has 0 atom stereocenters. The summed E-state index contributed by atoms with van der Waals surface area (Å²) in [7, 11) is -2.41. The molecule has 0 saturated heterocycles. The van der Waals surface area contributed by atoms with Crippen molar-refractivity contribution in [2.45, 2.75) is 13.2 Å². The molecule has 0 radical (unpaired) electrons. The molecule has 0 aliphatic heterocycles. The number of thiazole rings is 2. The van der Waals surface area contributed by atoms with Crippen LogP contribution < -0.4 is 25.7 Å². The molecule has 0 aliphatic rings. The second-order valence-electron chi connectivity index (χ2n) is 10.6.